The van der Waals surface area contributed by atoms with Crippen molar-refractivity contribution in [2.75, 3.05) is 11.4 Å². The van der Waals surface area contributed by atoms with Crippen molar-refractivity contribution >= 4 is 11.8 Å². The minimum absolute atomic E-state index is 0.0199. The molecule has 1 unspecified atom stereocenters. The largest absolute Gasteiger partial charge is 0.409 e. The molecule has 1 atom stereocenters. The average Bonchev–Trinajstić information content (AvgIpc) is 2.71. The molecule has 0 amide bonds. The van der Waals surface area contributed by atoms with E-state index in [9.17, 15) is 0 Å². The van der Waals surface area contributed by atoms with Gasteiger partial charge in [-0.3, -0.25) is 0 Å². The summed E-state index contributed by atoms with van der Waals surface area (Å²) in [5.41, 5.74) is 6.05. The quantitative estimate of drug-likeness (QED) is 0.375. The first-order valence-electron chi connectivity index (χ1n) is 6.83. The van der Waals surface area contributed by atoms with Gasteiger partial charge in [-0.15, -0.1) is 0 Å². The molecule has 3 N–H and O–H groups in total. The van der Waals surface area contributed by atoms with Gasteiger partial charge in [0.05, 0.1) is 0 Å². The van der Waals surface area contributed by atoms with Crippen LogP contribution in [0.5, 0.6) is 0 Å². The molecular weight excluding hydrogens is 242 g/mol. The van der Waals surface area contributed by atoms with Crippen LogP contribution in [0, 0.1) is 0 Å². The monoisotopic (exact) mass is 263 g/mol. The van der Waals surface area contributed by atoms with Gasteiger partial charge in [0, 0.05) is 18.8 Å². The first-order valence-corrected chi connectivity index (χ1v) is 6.83. The lowest BCUT2D eigenvalue weighted by atomic mass is 10.1. The van der Waals surface area contributed by atoms with Gasteiger partial charge >= 0.3 is 0 Å². The number of amidine groups is 1. The first kappa shape index (κ1) is 13.6. The van der Waals surface area contributed by atoms with E-state index in [0.29, 0.717) is 17.7 Å². The third kappa shape index (κ3) is 3.13. The van der Waals surface area contributed by atoms with Gasteiger partial charge in [-0.2, -0.15) is 0 Å². The minimum atomic E-state index is 0.0199. The predicted octanol–water partition coefficient (Wildman–Crippen LogP) is 1.73. The van der Waals surface area contributed by atoms with Gasteiger partial charge in [0.1, 0.15) is 5.69 Å². The summed E-state index contributed by atoms with van der Waals surface area (Å²) < 4.78 is 0. The van der Waals surface area contributed by atoms with Crippen LogP contribution < -0.4 is 10.6 Å². The van der Waals surface area contributed by atoms with Crippen LogP contribution in [0.1, 0.15) is 44.7 Å². The van der Waals surface area contributed by atoms with Crippen LogP contribution in [-0.4, -0.2) is 33.6 Å². The first-order chi connectivity index (χ1) is 9.26. The van der Waals surface area contributed by atoms with Crippen LogP contribution in [0.15, 0.2) is 17.4 Å². The molecule has 104 valence electrons. The standard InChI is InChI=1S/C13H21N5O/c1-2-10-6-4-3-5-9-18(10)13-15-8-7-11(16-13)12(14)17-19/h7-8,10,19H,2-6,9H2,1H3,(H2,14,17). The molecule has 1 saturated heterocycles. The Hall–Kier alpha value is -1.85. The Morgan fingerprint density at radius 1 is 1.53 bits per heavy atom. The molecule has 2 rings (SSSR count). The lowest BCUT2D eigenvalue weighted by molar-refractivity contribution is 0.318. The van der Waals surface area contributed by atoms with Gasteiger partial charge in [0.2, 0.25) is 5.95 Å². The summed E-state index contributed by atoms with van der Waals surface area (Å²) in [5, 5.41) is 11.7. The van der Waals surface area contributed by atoms with Gasteiger partial charge < -0.3 is 15.8 Å². The summed E-state index contributed by atoms with van der Waals surface area (Å²) in [6.07, 6.45) is 7.59. The number of aromatic nitrogens is 2. The number of oxime groups is 1. The zero-order chi connectivity index (χ0) is 13.7. The van der Waals surface area contributed by atoms with E-state index in [-0.39, 0.29) is 5.84 Å². The van der Waals surface area contributed by atoms with E-state index in [1.807, 2.05) is 0 Å². The van der Waals surface area contributed by atoms with Gasteiger partial charge in [0.15, 0.2) is 5.84 Å². The second-order valence-electron chi connectivity index (χ2n) is 4.83. The summed E-state index contributed by atoms with van der Waals surface area (Å²) in [6.45, 7) is 3.16. The zero-order valence-electron chi connectivity index (χ0n) is 11.3. The SMILES string of the molecule is CCC1CCCCCN1c1nccc(/C(N)=N/O)n1. The molecule has 0 spiro atoms. The van der Waals surface area contributed by atoms with Crippen LogP contribution >= 0.6 is 0 Å². The van der Waals surface area contributed by atoms with Crippen molar-refractivity contribution in [3.8, 4) is 0 Å². The molecule has 0 aromatic carbocycles. The van der Waals surface area contributed by atoms with Crippen LogP contribution in [0.4, 0.5) is 5.95 Å². The molecule has 6 heteroatoms. The predicted molar refractivity (Wildman–Crippen MR) is 74.4 cm³/mol. The fraction of sp³-hybridized carbons (Fsp3) is 0.615. The fourth-order valence-electron chi connectivity index (χ4n) is 2.55. The molecule has 2 heterocycles. The number of anilines is 1. The van der Waals surface area contributed by atoms with Crippen molar-refractivity contribution < 1.29 is 5.21 Å². The molecule has 1 aromatic heterocycles. The van der Waals surface area contributed by atoms with E-state index in [1.165, 1.54) is 19.3 Å². The number of rotatable bonds is 3. The Bertz CT molecular complexity index is 448. The number of hydrogen-bond acceptors (Lipinski definition) is 5. The van der Waals surface area contributed by atoms with E-state index in [0.717, 1.165) is 19.4 Å². The van der Waals surface area contributed by atoms with E-state index in [1.54, 1.807) is 12.3 Å². The van der Waals surface area contributed by atoms with Crippen molar-refractivity contribution in [3.63, 3.8) is 0 Å². The third-order valence-electron chi connectivity index (χ3n) is 3.62. The average molecular weight is 263 g/mol. The highest BCUT2D eigenvalue weighted by Crippen LogP contribution is 2.23. The van der Waals surface area contributed by atoms with E-state index in [4.69, 9.17) is 10.9 Å². The highest BCUT2D eigenvalue weighted by molar-refractivity contribution is 5.95. The lowest BCUT2D eigenvalue weighted by Gasteiger charge is -2.29. The molecule has 1 aromatic rings. The Morgan fingerprint density at radius 2 is 2.37 bits per heavy atom. The van der Waals surface area contributed by atoms with Crippen molar-refractivity contribution in [3.05, 3.63) is 18.0 Å². The fourth-order valence-corrected chi connectivity index (χ4v) is 2.55. The van der Waals surface area contributed by atoms with Crippen LogP contribution in [0.25, 0.3) is 0 Å². The Labute approximate surface area is 113 Å². The summed E-state index contributed by atoms with van der Waals surface area (Å²) >= 11 is 0. The maximum Gasteiger partial charge on any atom is 0.226 e. The number of hydrogen-bond donors (Lipinski definition) is 2. The highest BCUT2D eigenvalue weighted by atomic mass is 16.4. The maximum absolute atomic E-state index is 8.72. The van der Waals surface area contributed by atoms with E-state index < -0.39 is 0 Å². The van der Waals surface area contributed by atoms with Crippen molar-refractivity contribution in [1.82, 2.24) is 9.97 Å². The molecule has 1 aliphatic heterocycles. The molecule has 1 aliphatic rings. The summed E-state index contributed by atoms with van der Waals surface area (Å²) in [6, 6.07) is 2.13. The number of nitrogens with two attached hydrogens (primary N) is 1. The van der Waals surface area contributed by atoms with Crippen LogP contribution in [0.2, 0.25) is 0 Å². The minimum Gasteiger partial charge on any atom is -0.409 e. The number of nitrogens with zero attached hydrogens (tertiary/aromatic N) is 4. The summed E-state index contributed by atoms with van der Waals surface area (Å²) in [4.78, 5) is 11.0. The Kier molecular flexibility index (Phi) is 4.54. The van der Waals surface area contributed by atoms with Gasteiger partial charge in [-0.25, -0.2) is 9.97 Å². The Morgan fingerprint density at radius 3 is 3.11 bits per heavy atom. The van der Waals surface area contributed by atoms with Crippen molar-refractivity contribution in [2.24, 2.45) is 10.9 Å². The molecule has 0 bridgehead atoms. The molecule has 0 saturated carbocycles. The molecular formula is C13H21N5O. The maximum atomic E-state index is 8.72. The van der Waals surface area contributed by atoms with Crippen molar-refractivity contribution in [2.45, 2.75) is 45.1 Å². The van der Waals surface area contributed by atoms with E-state index >= 15 is 0 Å². The van der Waals surface area contributed by atoms with Crippen LogP contribution in [-0.2, 0) is 0 Å². The van der Waals surface area contributed by atoms with E-state index in [2.05, 4.69) is 26.9 Å². The topological polar surface area (TPSA) is 87.6 Å². The molecule has 0 radical (unpaired) electrons. The molecule has 6 nitrogen and oxygen atoms in total. The van der Waals surface area contributed by atoms with Gasteiger partial charge in [-0.05, 0) is 25.3 Å². The molecule has 1 fully saturated rings. The lowest BCUT2D eigenvalue weighted by Crippen LogP contribution is -2.36. The van der Waals surface area contributed by atoms with Gasteiger partial charge in [0.25, 0.3) is 0 Å². The highest BCUT2D eigenvalue weighted by Gasteiger charge is 2.22. The second-order valence-corrected chi connectivity index (χ2v) is 4.83. The van der Waals surface area contributed by atoms with Gasteiger partial charge in [-0.1, -0.05) is 24.9 Å². The summed E-state index contributed by atoms with van der Waals surface area (Å²) in [7, 11) is 0. The summed E-state index contributed by atoms with van der Waals surface area (Å²) in [5.74, 6) is 0.698. The molecule has 0 aliphatic carbocycles. The molecule has 19 heavy (non-hydrogen) atoms. The van der Waals surface area contributed by atoms with Crippen molar-refractivity contribution in [1.29, 1.82) is 0 Å². The Balaban J connectivity index is 2.28. The van der Waals surface area contributed by atoms with Crippen LogP contribution in [0.3, 0.4) is 0 Å². The normalized spacial score (nSPS) is 21.2. The smallest absolute Gasteiger partial charge is 0.226 e. The second kappa shape index (κ2) is 6.36. The zero-order valence-corrected chi connectivity index (χ0v) is 11.3. The third-order valence-corrected chi connectivity index (χ3v) is 3.62.